The fourth-order valence-corrected chi connectivity index (χ4v) is 1.97. The average molecular weight is 205 g/mol. The molecule has 0 bridgehead atoms. The first kappa shape index (κ1) is 10.7. The quantitative estimate of drug-likeness (QED) is 0.794. The van der Waals surface area contributed by atoms with Crippen molar-refractivity contribution in [3.63, 3.8) is 0 Å². The molecule has 0 amide bonds. The summed E-state index contributed by atoms with van der Waals surface area (Å²) in [4.78, 5) is 2.39. The summed E-state index contributed by atoms with van der Waals surface area (Å²) < 4.78 is 0. The molecule has 0 saturated heterocycles. The lowest BCUT2D eigenvalue weighted by molar-refractivity contribution is 0.183. The molecule has 2 nitrogen and oxygen atoms in total. The van der Waals surface area contributed by atoms with Crippen LogP contribution in [0.2, 0.25) is 0 Å². The smallest absolute Gasteiger partial charge is 0.0558 e. The van der Waals surface area contributed by atoms with E-state index in [1.165, 1.54) is 24.0 Å². The first-order valence-electron chi connectivity index (χ1n) is 5.70. The van der Waals surface area contributed by atoms with Crippen LogP contribution >= 0.6 is 0 Å². The number of hydrogen-bond acceptors (Lipinski definition) is 2. The number of aliphatic hydroxyl groups is 1. The summed E-state index contributed by atoms with van der Waals surface area (Å²) in [6.07, 6.45) is 2.60. The summed E-state index contributed by atoms with van der Waals surface area (Å²) >= 11 is 0. The number of hydrogen-bond donors (Lipinski definition) is 1. The summed E-state index contributed by atoms with van der Waals surface area (Å²) in [7, 11) is 0. The first-order chi connectivity index (χ1) is 7.31. The van der Waals surface area contributed by atoms with Gasteiger partial charge in [-0.3, -0.25) is 4.90 Å². The van der Waals surface area contributed by atoms with Crippen molar-refractivity contribution in [3.05, 3.63) is 35.4 Å². The van der Waals surface area contributed by atoms with Gasteiger partial charge in [0.1, 0.15) is 0 Å². The zero-order valence-corrected chi connectivity index (χ0v) is 9.32. The minimum Gasteiger partial charge on any atom is -0.395 e. The number of benzene rings is 1. The van der Waals surface area contributed by atoms with Gasteiger partial charge in [-0.1, -0.05) is 24.3 Å². The normalized spacial score (nSPS) is 15.9. The van der Waals surface area contributed by atoms with Gasteiger partial charge in [0.05, 0.1) is 6.61 Å². The average Bonchev–Trinajstić information content (AvgIpc) is 3.04. The van der Waals surface area contributed by atoms with E-state index in [9.17, 15) is 0 Å². The van der Waals surface area contributed by atoms with E-state index in [0.29, 0.717) is 0 Å². The summed E-state index contributed by atoms with van der Waals surface area (Å²) in [5.74, 6) is 0. The lowest BCUT2D eigenvalue weighted by Gasteiger charge is -2.21. The molecule has 2 heteroatoms. The number of rotatable bonds is 5. The second kappa shape index (κ2) is 4.77. The third kappa shape index (κ3) is 2.80. The van der Waals surface area contributed by atoms with Crippen molar-refractivity contribution in [2.24, 2.45) is 0 Å². The zero-order chi connectivity index (χ0) is 10.7. The van der Waals surface area contributed by atoms with E-state index >= 15 is 0 Å². The molecule has 2 rings (SSSR count). The molecule has 0 aromatic heterocycles. The number of nitrogens with zero attached hydrogens (tertiary/aromatic N) is 1. The van der Waals surface area contributed by atoms with Crippen LogP contribution in [0.1, 0.15) is 24.0 Å². The molecule has 1 aromatic carbocycles. The van der Waals surface area contributed by atoms with Gasteiger partial charge in [-0.2, -0.15) is 0 Å². The van der Waals surface area contributed by atoms with Crippen molar-refractivity contribution in [1.29, 1.82) is 0 Å². The fraction of sp³-hybridized carbons (Fsp3) is 0.538. The second-order valence-corrected chi connectivity index (χ2v) is 4.35. The van der Waals surface area contributed by atoms with E-state index in [-0.39, 0.29) is 6.61 Å². The largest absolute Gasteiger partial charge is 0.395 e. The summed E-state index contributed by atoms with van der Waals surface area (Å²) in [6.45, 7) is 4.21. The number of aryl methyl sites for hydroxylation is 1. The lowest BCUT2D eigenvalue weighted by Crippen LogP contribution is -2.28. The molecule has 82 valence electrons. The Hall–Kier alpha value is -0.860. The Bertz CT molecular complexity index is 320. The highest BCUT2D eigenvalue weighted by molar-refractivity contribution is 5.25. The first-order valence-corrected chi connectivity index (χ1v) is 5.70. The van der Waals surface area contributed by atoms with Gasteiger partial charge < -0.3 is 5.11 Å². The van der Waals surface area contributed by atoms with Gasteiger partial charge in [0.15, 0.2) is 0 Å². The SMILES string of the molecule is Cc1ccccc1CN(CCO)C1CC1. The van der Waals surface area contributed by atoms with E-state index in [0.717, 1.165) is 19.1 Å². The lowest BCUT2D eigenvalue weighted by atomic mass is 10.1. The van der Waals surface area contributed by atoms with Crippen LogP contribution < -0.4 is 0 Å². The van der Waals surface area contributed by atoms with Crippen molar-refractivity contribution >= 4 is 0 Å². The molecule has 1 fully saturated rings. The van der Waals surface area contributed by atoms with E-state index in [4.69, 9.17) is 5.11 Å². The minimum atomic E-state index is 0.266. The Kier molecular flexibility index (Phi) is 3.39. The van der Waals surface area contributed by atoms with Crippen LogP contribution in [-0.4, -0.2) is 29.2 Å². The van der Waals surface area contributed by atoms with Gasteiger partial charge in [0.25, 0.3) is 0 Å². The van der Waals surface area contributed by atoms with Crippen LogP contribution in [0, 0.1) is 6.92 Å². The summed E-state index contributed by atoms with van der Waals surface area (Å²) in [6, 6.07) is 9.22. The molecule has 1 N–H and O–H groups in total. The van der Waals surface area contributed by atoms with Gasteiger partial charge in [-0.05, 0) is 30.9 Å². The Labute approximate surface area is 91.5 Å². The third-order valence-electron chi connectivity index (χ3n) is 3.09. The van der Waals surface area contributed by atoms with Gasteiger partial charge >= 0.3 is 0 Å². The highest BCUT2D eigenvalue weighted by Crippen LogP contribution is 2.28. The van der Waals surface area contributed by atoms with Crippen molar-refractivity contribution in [1.82, 2.24) is 4.90 Å². The summed E-state index contributed by atoms with van der Waals surface area (Å²) in [5, 5.41) is 9.02. The molecule has 1 aromatic rings. The Balaban J connectivity index is 2.02. The Morgan fingerprint density at radius 1 is 1.33 bits per heavy atom. The van der Waals surface area contributed by atoms with Crippen LogP contribution in [-0.2, 0) is 6.54 Å². The molecule has 0 radical (unpaired) electrons. The van der Waals surface area contributed by atoms with Crippen LogP contribution in [0.5, 0.6) is 0 Å². The third-order valence-corrected chi connectivity index (χ3v) is 3.09. The Morgan fingerprint density at radius 3 is 2.67 bits per heavy atom. The predicted octanol–water partition coefficient (Wildman–Crippen LogP) is 1.95. The van der Waals surface area contributed by atoms with Gasteiger partial charge in [0.2, 0.25) is 0 Å². The topological polar surface area (TPSA) is 23.5 Å². The molecule has 0 aliphatic heterocycles. The van der Waals surface area contributed by atoms with Gasteiger partial charge in [-0.15, -0.1) is 0 Å². The van der Waals surface area contributed by atoms with Crippen LogP contribution in [0.4, 0.5) is 0 Å². The van der Waals surface area contributed by atoms with Crippen LogP contribution in [0.15, 0.2) is 24.3 Å². The maximum atomic E-state index is 9.02. The van der Waals surface area contributed by atoms with E-state index < -0.39 is 0 Å². The van der Waals surface area contributed by atoms with Crippen molar-refractivity contribution in [2.45, 2.75) is 32.4 Å². The second-order valence-electron chi connectivity index (χ2n) is 4.35. The molecule has 0 unspecified atom stereocenters. The fourth-order valence-electron chi connectivity index (χ4n) is 1.97. The molecule has 1 saturated carbocycles. The van der Waals surface area contributed by atoms with Crippen molar-refractivity contribution in [3.8, 4) is 0 Å². The highest BCUT2D eigenvalue weighted by atomic mass is 16.3. The zero-order valence-electron chi connectivity index (χ0n) is 9.32. The maximum Gasteiger partial charge on any atom is 0.0558 e. The molecule has 0 spiro atoms. The summed E-state index contributed by atoms with van der Waals surface area (Å²) in [5.41, 5.74) is 2.74. The molecule has 1 aliphatic carbocycles. The predicted molar refractivity (Wildman–Crippen MR) is 61.7 cm³/mol. The van der Waals surface area contributed by atoms with Crippen LogP contribution in [0.25, 0.3) is 0 Å². The van der Waals surface area contributed by atoms with Gasteiger partial charge in [-0.25, -0.2) is 0 Å². The molecule has 0 heterocycles. The molecular weight excluding hydrogens is 186 g/mol. The van der Waals surface area contributed by atoms with E-state index in [1.807, 2.05) is 0 Å². The van der Waals surface area contributed by atoms with Crippen LogP contribution in [0.3, 0.4) is 0 Å². The maximum absolute atomic E-state index is 9.02. The Morgan fingerprint density at radius 2 is 2.07 bits per heavy atom. The van der Waals surface area contributed by atoms with E-state index in [1.54, 1.807) is 0 Å². The molecule has 1 aliphatic rings. The van der Waals surface area contributed by atoms with Gasteiger partial charge in [0, 0.05) is 19.1 Å². The molecule has 0 atom stereocenters. The van der Waals surface area contributed by atoms with Crippen molar-refractivity contribution in [2.75, 3.05) is 13.2 Å². The van der Waals surface area contributed by atoms with Crippen molar-refractivity contribution < 1.29 is 5.11 Å². The number of aliphatic hydroxyl groups excluding tert-OH is 1. The molecular formula is C13H19NO. The minimum absolute atomic E-state index is 0.266. The highest BCUT2D eigenvalue weighted by Gasteiger charge is 2.28. The molecule has 15 heavy (non-hydrogen) atoms. The van der Waals surface area contributed by atoms with E-state index in [2.05, 4.69) is 36.1 Å². The standard InChI is InChI=1S/C13H19NO/c1-11-4-2-3-5-12(11)10-14(8-9-15)13-6-7-13/h2-5,13,15H,6-10H2,1H3. The monoisotopic (exact) mass is 205 g/mol.